The van der Waals surface area contributed by atoms with Gasteiger partial charge in [0.25, 0.3) is 0 Å². The molecular weight excluding hydrogens is 702 g/mol. The summed E-state index contributed by atoms with van der Waals surface area (Å²) < 4.78 is 4.80. The Labute approximate surface area is 323 Å². The molecule has 0 spiro atoms. The third-order valence-corrected chi connectivity index (χ3v) is 11.3. The molecular formula is C40H57N9O6. The van der Waals surface area contributed by atoms with Crippen LogP contribution in [0.5, 0.6) is 0 Å². The number of H-pyrrole nitrogens is 2. The lowest BCUT2D eigenvalue weighted by atomic mass is 9.85. The van der Waals surface area contributed by atoms with Crippen LogP contribution in [0.2, 0.25) is 0 Å². The molecule has 3 fully saturated rings. The fourth-order valence-electron chi connectivity index (χ4n) is 8.22. The molecule has 0 saturated carbocycles. The van der Waals surface area contributed by atoms with Crippen molar-refractivity contribution in [1.82, 2.24) is 40.4 Å². The first-order valence-electron chi connectivity index (χ1n) is 19.5. The maximum Gasteiger partial charge on any atom is 0.407 e. The zero-order chi connectivity index (χ0) is 39.7. The SMILES string of the molecule is COC(=O)N[C@H](C(=O)N1CCC[C@H]1c1nc(-c2ccc(N3CCC(c4c[nH]c([C@@H]5CCCN5C(=O)[C@@H](NC(=O)O)C(C)(C)C)n4)CC3)cc2)c[nH]1)C(C)(C)C. The van der Waals surface area contributed by atoms with Crippen molar-refractivity contribution >= 4 is 29.7 Å². The van der Waals surface area contributed by atoms with Crippen LogP contribution in [-0.2, 0) is 14.3 Å². The zero-order valence-corrected chi connectivity index (χ0v) is 33.1. The van der Waals surface area contributed by atoms with Crippen molar-refractivity contribution < 1.29 is 29.0 Å². The number of imidazole rings is 2. The molecule has 15 heteroatoms. The molecule has 55 heavy (non-hydrogen) atoms. The van der Waals surface area contributed by atoms with Crippen molar-refractivity contribution in [2.45, 2.75) is 110 Å². The quantitative estimate of drug-likeness (QED) is 0.175. The Kier molecular flexibility index (Phi) is 11.5. The molecule has 3 aromatic rings. The van der Waals surface area contributed by atoms with Crippen LogP contribution >= 0.6 is 0 Å². The summed E-state index contributed by atoms with van der Waals surface area (Å²) in [4.78, 5) is 73.5. The molecule has 2 aromatic heterocycles. The van der Waals surface area contributed by atoms with E-state index in [9.17, 15) is 24.3 Å². The zero-order valence-electron chi connectivity index (χ0n) is 33.1. The van der Waals surface area contributed by atoms with E-state index in [2.05, 4.69) is 49.8 Å². The number of carbonyl (C=O) groups is 4. The van der Waals surface area contributed by atoms with Crippen LogP contribution in [0.3, 0.4) is 0 Å². The van der Waals surface area contributed by atoms with E-state index in [1.54, 1.807) is 4.90 Å². The van der Waals surface area contributed by atoms with Crippen molar-refractivity contribution in [2.75, 3.05) is 38.2 Å². The number of aromatic amines is 2. The molecule has 3 aliphatic heterocycles. The second kappa shape index (κ2) is 16.0. The second-order valence-corrected chi connectivity index (χ2v) is 17.3. The number of nitrogens with one attached hydrogen (secondary N) is 4. The van der Waals surface area contributed by atoms with Gasteiger partial charge >= 0.3 is 12.2 Å². The monoisotopic (exact) mass is 759 g/mol. The summed E-state index contributed by atoms with van der Waals surface area (Å²) in [5.41, 5.74) is 2.86. The number of anilines is 1. The Morgan fingerprint density at radius 2 is 1.29 bits per heavy atom. The van der Waals surface area contributed by atoms with Crippen LogP contribution in [0.1, 0.15) is 115 Å². The predicted molar refractivity (Wildman–Crippen MR) is 207 cm³/mol. The number of carboxylic acid groups (broad SMARTS) is 1. The summed E-state index contributed by atoms with van der Waals surface area (Å²) in [7, 11) is 1.29. The number of nitrogens with zero attached hydrogens (tertiary/aromatic N) is 5. The molecule has 4 amide bonds. The average molecular weight is 760 g/mol. The average Bonchev–Trinajstić information content (AvgIpc) is 3.98. The van der Waals surface area contributed by atoms with E-state index in [0.29, 0.717) is 19.0 Å². The van der Waals surface area contributed by atoms with Crippen molar-refractivity contribution in [3.8, 4) is 11.3 Å². The van der Waals surface area contributed by atoms with E-state index < -0.39 is 35.1 Å². The van der Waals surface area contributed by atoms with Gasteiger partial charge in [0.2, 0.25) is 11.8 Å². The number of piperidine rings is 1. The molecule has 0 unspecified atom stereocenters. The number of likely N-dealkylation sites (tertiary alicyclic amines) is 2. The number of hydrogen-bond acceptors (Lipinski definition) is 8. The van der Waals surface area contributed by atoms with Crippen molar-refractivity contribution in [3.05, 3.63) is 54.0 Å². The van der Waals surface area contributed by atoms with Crippen molar-refractivity contribution in [3.63, 3.8) is 0 Å². The summed E-state index contributed by atoms with van der Waals surface area (Å²) in [5, 5.41) is 14.6. The lowest BCUT2D eigenvalue weighted by Gasteiger charge is -2.35. The van der Waals surface area contributed by atoms with Gasteiger partial charge in [-0.2, -0.15) is 0 Å². The van der Waals surface area contributed by atoms with Crippen molar-refractivity contribution in [2.24, 2.45) is 10.8 Å². The first-order valence-corrected chi connectivity index (χ1v) is 19.5. The lowest BCUT2D eigenvalue weighted by molar-refractivity contribution is -0.137. The number of rotatable bonds is 9. The fourth-order valence-corrected chi connectivity index (χ4v) is 8.22. The van der Waals surface area contributed by atoms with E-state index in [1.807, 2.05) is 58.8 Å². The minimum absolute atomic E-state index is 0.145. The van der Waals surface area contributed by atoms with Crippen LogP contribution in [0.4, 0.5) is 15.3 Å². The van der Waals surface area contributed by atoms with E-state index in [-0.39, 0.29) is 23.9 Å². The van der Waals surface area contributed by atoms with Crippen LogP contribution in [-0.4, -0.2) is 104 Å². The highest BCUT2D eigenvalue weighted by atomic mass is 16.5. The Hall–Kier alpha value is -5.08. The largest absolute Gasteiger partial charge is 0.465 e. The van der Waals surface area contributed by atoms with E-state index in [1.165, 1.54) is 7.11 Å². The fraction of sp³-hybridized carbons (Fsp3) is 0.600. The summed E-state index contributed by atoms with van der Waals surface area (Å²) in [6.07, 6.45) is 7.17. The molecule has 3 saturated heterocycles. The van der Waals surface area contributed by atoms with Gasteiger partial charge in [-0.15, -0.1) is 0 Å². The highest BCUT2D eigenvalue weighted by Gasteiger charge is 2.42. The Balaban J connectivity index is 1.05. The van der Waals surface area contributed by atoms with Gasteiger partial charge < -0.3 is 45.1 Å². The van der Waals surface area contributed by atoms with E-state index in [0.717, 1.165) is 85.9 Å². The highest BCUT2D eigenvalue weighted by molar-refractivity contribution is 5.87. The van der Waals surface area contributed by atoms with Gasteiger partial charge in [0.15, 0.2) is 0 Å². The summed E-state index contributed by atoms with van der Waals surface area (Å²) in [6.45, 7) is 14.3. The predicted octanol–water partition coefficient (Wildman–Crippen LogP) is 5.96. The standard InChI is InChI=1S/C40H57N9O6/c1-39(2,3)31(45-37(52)53)35(50)48-18-8-10-29(48)34-42-23-28(44-34)25-16-20-47(21-17-25)26-14-12-24(13-15-26)27-22-41-33(43-27)30-11-9-19-49(30)36(51)32(40(4,5)6)46-38(54)55-7/h12-15,22-23,25,29-32,45H,8-11,16-21H2,1-7H3,(H,41,43)(H,42,44)(H,46,54)(H,52,53)/t29-,30-,31+,32+/m0/s1. The number of hydrogen-bond donors (Lipinski definition) is 5. The molecule has 0 bridgehead atoms. The molecule has 1 aromatic carbocycles. The molecule has 15 nitrogen and oxygen atoms in total. The van der Waals surface area contributed by atoms with Crippen molar-refractivity contribution in [1.29, 1.82) is 0 Å². The molecule has 298 valence electrons. The van der Waals surface area contributed by atoms with Crippen LogP contribution in [0, 0.1) is 10.8 Å². The molecule has 4 atom stereocenters. The van der Waals surface area contributed by atoms with Crippen LogP contribution in [0.15, 0.2) is 36.7 Å². The molecule has 0 aliphatic carbocycles. The number of alkyl carbamates (subject to hydrolysis) is 1. The smallest absolute Gasteiger partial charge is 0.407 e. The Bertz CT molecular complexity index is 1830. The number of aromatic nitrogens is 4. The third kappa shape index (κ3) is 8.75. The first kappa shape index (κ1) is 39.6. The minimum Gasteiger partial charge on any atom is -0.465 e. The summed E-state index contributed by atoms with van der Waals surface area (Å²) in [6, 6.07) is 6.43. The molecule has 6 rings (SSSR count). The van der Waals surface area contributed by atoms with Gasteiger partial charge in [-0.25, -0.2) is 19.6 Å². The van der Waals surface area contributed by atoms with Crippen LogP contribution < -0.4 is 15.5 Å². The van der Waals surface area contributed by atoms with Gasteiger partial charge in [-0.3, -0.25) is 9.59 Å². The molecule has 0 radical (unpaired) electrons. The minimum atomic E-state index is -1.21. The van der Waals surface area contributed by atoms with E-state index >= 15 is 0 Å². The second-order valence-electron chi connectivity index (χ2n) is 17.3. The van der Waals surface area contributed by atoms with Gasteiger partial charge in [0.1, 0.15) is 23.7 Å². The topological polar surface area (TPSA) is 189 Å². The van der Waals surface area contributed by atoms with Gasteiger partial charge in [0.05, 0.1) is 30.6 Å². The van der Waals surface area contributed by atoms with Gasteiger partial charge in [-0.05, 0) is 61.5 Å². The maximum absolute atomic E-state index is 13.7. The number of ether oxygens (including phenoxy) is 1. The maximum atomic E-state index is 13.7. The molecule has 5 heterocycles. The number of carbonyl (C=O) groups excluding carboxylic acids is 3. The lowest BCUT2D eigenvalue weighted by Crippen LogP contribution is -2.54. The Morgan fingerprint density at radius 1 is 0.764 bits per heavy atom. The molecule has 5 N–H and O–H groups in total. The summed E-state index contributed by atoms with van der Waals surface area (Å²) in [5.74, 6) is 1.43. The summed E-state index contributed by atoms with van der Waals surface area (Å²) >= 11 is 0. The number of benzene rings is 1. The first-order chi connectivity index (χ1) is 26.0. The van der Waals surface area contributed by atoms with E-state index in [4.69, 9.17) is 14.7 Å². The van der Waals surface area contributed by atoms with Gasteiger partial charge in [0, 0.05) is 55.7 Å². The van der Waals surface area contributed by atoms with Gasteiger partial charge in [-0.1, -0.05) is 53.7 Å². The Morgan fingerprint density at radius 3 is 1.82 bits per heavy atom. The number of amides is 4. The highest BCUT2D eigenvalue weighted by Crippen LogP contribution is 2.37. The number of methoxy groups -OCH3 is 1. The normalized spacial score (nSPS) is 20.7. The third-order valence-electron chi connectivity index (χ3n) is 11.3. The van der Waals surface area contributed by atoms with Crippen LogP contribution in [0.25, 0.3) is 11.3 Å². The molecule has 3 aliphatic rings.